The Bertz CT molecular complexity index is 1030. The van der Waals surface area contributed by atoms with Crippen LogP contribution in [0.25, 0.3) is 10.9 Å². The fourth-order valence-corrected chi connectivity index (χ4v) is 3.13. The van der Waals surface area contributed by atoms with Gasteiger partial charge >= 0.3 is 0 Å². The Morgan fingerprint density at radius 3 is 2.71 bits per heavy atom. The van der Waals surface area contributed by atoms with Gasteiger partial charge in [0.15, 0.2) is 0 Å². The van der Waals surface area contributed by atoms with E-state index in [2.05, 4.69) is 20.2 Å². The topological polar surface area (TPSA) is 89.4 Å². The van der Waals surface area contributed by atoms with Crippen molar-refractivity contribution < 1.29 is 9.53 Å². The number of fused-ring (bicyclic) bond motifs is 1. The molecule has 1 aliphatic rings. The number of hydrogen-bond donors (Lipinski definition) is 1. The van der Waals surface area contributed by atoms with Crippen molar-refractivity contribution in [3.05, 3.63) is 64.8 Å². The molecular weight excluding hydrogens is 358 g/mol. The van der Waals surface area contributed by atoms with Gasteiger partial charge in [0.2, 0.25) is 5.91 Å². The van der Waals surface area contributed by atoms with Crippen molar-refractivity contribution in [2.45, 2.75) is 13.1 Å². The van der Waals surface area contributed by atoms with E-state index in [4.69, 9.17) is 4.74 Å². The van der Waals surface area contributed by atoms with Gasteiger partial charge in [-0.2, -0.15) is 0 Å². The van der Waals surface area contributed by atoms with E-state index in [1.54, 1.807) is 24.4 Å². The highest BCUT2D eigenvalue weighted by atomic mass is 16.5. The number of hydrogen-bond acceptors (Lipinski definition) is 6. The molecule has 1 N–H and O–H groups in total. The summed E-state index contributed by atoms with van der Waals surface area (Å²) in [6.45, 7) is 3.36. The summed E-state index contributed by atoms with van der Waals surface area (Å²) in [5, 5.41) is 3.32. The van der Waals surface area contributed by atoms with Gasteiger partial charge in [-0.3, -0.25) is 14.2 Å². The number of nitrogens with one attached hydrogen (secondary N) is 1. The molecule has 2 aromatic heterocycles. The van der Waals surface area contributed by atoms with Gasteiger partial charge in [0, 0.05) is 25.8 Å². The summed E-state index contributed by atoms with van der Waals surface area (Å²) in [6, 6.07) is 11.0. The lowest BCUT2D eigenvalue weighted by atomic mass is 10.2. The molecule has 8 heteroatoms. The summed E-state index contributed by atoms with van der Waals surface area (Å²) in [7, 11) is 0. The summed E-state index contributed by atoms with van der Waals surface area (Å²) in [5.74, 6) is 0.656. The molecular formula is C20H21N5O3. The number of pyridine rings is 1. The van der Waals surface area contributed by atoms with E-state index in [0.29, 0.717) is 30.7 Å². The summed E-state index contributed by atoms with van der Waals surface area (Å²) in [5.41, 5.74) is 1.29. The van der Waals surface area contributed by atoms with E-state index in [9.17, 15) is 9.59 Å². The number of nitrogens with zero attached hydrogens (tertiary/aromatic N) is 4. The molecule has 0 saturated carbocycles. The zero-order chi connectivity index (χ0) is 19.3. The second kappa shape index (κ2) is 8.18. The van der Waals surface area contributed by atoms with Crippen molar-refractivity contribution >= 4 is 22.6 Å². The van der Waals surface area contributed by atoms with Crippen molar-refractivity contribution in [2.24, 2.45) is 0 Å². The van der Waals surface area contributed by atoms with Crippen LogP contribution in [0.2, 0.25) is 0 Å². The van der Waals surface area contributed by atoms with Gasteiger partial charge in [0.25, 0.3) is 5.56 Å². The minimum atomic E-state index is -0.253. The summed E-state index contributed by atoms with van der Waals surface area (Å²) < 4.78 is 6.66. The fourth-order valence-electron chi connectivity index (χ4n) is 3.13. The average Bonchev–Trinajstić information content (AvgIpc) is 2.75. The fraction of sp³-hybridized carbons (Fsp3) is 0.300. The molecule has 0 unspecified atom stereocenters. The summed E-state index contributed by atoms with van der Waals surface area (Å²) >= 11 is 0. The first-order valence-corrected chi connectivity index (χ1v) is 9.19. The van der Waals surface area contributed by atoms with Gasteiger partial charge in [-0.25, -0.2) is 9.97 Å². The summed E-state index contributed by atoms with van der Waals surface area (Å²) in [6.07, 6.45) is 3.16. The van der Waals surface area contributed by atoms with Gasteiger partial charge < -0.3 is 15.0 Å². The van der Waals surface area contributed by atoms with Crippen LogP contribution in [0.1, 0.15) is 5.56 Å². The molecule has 0 aliphatic carbocycles. The minimum absolute atomic E-state index is 0.0735. The number of amides is 1. The number of carbonyl (C=O) groups is 1. The molecule has 0 radical (unpaired) electrons. The quantitative estimate of drug-likeness (QED) is 0.710. The maximum absolute atomic E-state index is 12.4. The molecule has 8 nitrogen and oxygen atoms in total. The zero-order valence-corrected chi connectivity index (χ0v) is 15.4. The molecule has 0 atom stereocenters. The predicted molar refractivity (Wildman–Crippen MR) is 105 cm³/mol. The van der Waals surface area contributed by atoms with E-state index < -0.39 is 0 Å². The summed E-state index contributed by atoms with van der Waals surface area (Å²) in [4.78, 5) is 35.6. The number of anilines is 1. The molecule has 1 amide bonds. The van der Waals surface area contributed by atoms with Crippen molar-refractivity contribution in [2.75, 3.05) is 31.2 Å². The molecule has 0 spiro atoms. The molecule has 1 fully saturated rings. The first-order chi connectivity index (χ1) is 13.7. The third-order valence-electron chi connectivity index (χ3n) is 4.68. The molecule has 3 heterocycles. The van der Waals surface area contributed by atoms with Crippen LogP contribution < -0.4 is 15.8 Å². The lowest BCUT2D eigenvalue weighted by molar-refractivity contribution is -0.121. The molecule has 4 rings (SSSR count). The number of morpholine rings is 1. The molecule has 0 bridgehead atoms. The maximum Gasteiger partial charge on any atom is 0.261 e. The Balaban J connectivity index is 1.35. The number of rotatable bonds is 5. The molecule has 28 heavy (non-hydrogen) atoms. The first-order valence-electron chi connectivity index (χ1n) is 9.19. The number of benzene rings is 1. The lowest BCUT2D eigenvalue weighted by Crippen LogP contribution is -2.36. The second-order valence-corrected chi connectivity index (χ2v) is 6.60. The largest absolute Gasteiger partial charge is 0.378 e. The predicted octanol–water partition coefficient (Wildman–Crippen LogP) is 0.944. The Kier molecular flexibility index (Phi) is 5.29. The Labute approximate surface area is 161 Å². The maximum atomic E-state index is 12.4. The van der Waals surface area contributed by atoms with E-state index in [0.717, 1.165) is 24.5 Å². The highest BCUT2D eigenvalue weighted by Gasteiger charge is 2.12. The van der Waals surface area contributed by atoms with Gasteiger partial charge in [-0.15, -0.1) is 0 Å². The average molecular weight is 379 g/mol. The first kappa shape index (κ1) is 18.1. The van der Waals surface area contributed by atoms with Gasteiger partial charge in [-0.1, -0.05) is 18.2 Å². The molecule has 144 valence electrons. The van der Waals surface area contributed by atoms with Crippen LogP contribution in [0, 0.1) is 0 Å². The van der Waals surface area contributed by atoms with Crippen LogP contribution >= 0.6 is 0 Å². The van der Waals surface area contributed by atoms with Crippen molar-refractivity contribution in [3.8, 4) is 0 Å². The van der Waals surface area contributed by atoms with Crippen molar-refractivity contribution in [1.29, 1.82) is 0 Å². The van der Waals surface area contributed by atoms with Crippen LogP contribution in [0.4, 0.5) is 5.82 Å². The number of aromatic nitrogens is 3. The zero-order valence-electron chi connectivity index (χ0n) is 15.4. The van der Waals surface area contributed by atoms with E-state index >= 15 is 0 Å². The van der Waals surface area contributed by atoms with Gasteiger partial charge in [0.1, 0.15) is 12.4 Å². The van der Waals surface area contributed by atoms with Gasteiger partial charge in [0.05, 0.1) is 30.4 Å². The third-order valence-corrected chi connectivity index (χ3v) is 4.68. The molecule has 1 aliphatic heterocycles. The monoisotopic (exact) mass is 379 g/mol. The molecule has 1 saturated heterocycles. The van der Waals surface area contributed by atoms with Gasteiger partial charge in [-0.05, 0) is 23.8 Å². The minimum Gasteiger partial charge on any atom is -0.378 e. The van der Waals surface area contributed by atoms with E-state index in [-0.39, 0.29) is 18.0 Å². The third kappa shape index (κ3) is 4.01. The number of para-hydroxylation sites is 1. The van der Waals surface area contributed by atoms with E-state index in [1.807, 2.05) is 18.2 Å². The SMILES string of the molecule is O=C(Cn1cnc2ccccc2c1=O)NCc1ccc(N2CCOCC2)nc1. The van der Waals surface area contributed by atoms with Crippen LogP contribution in [-0.4, -0.2) is 46.7 Å². The second-order valence-electron chi connectivity index (χ2n) is 6.60. The highest BCUT2D eigenvalue weighted by Crippen LogP contribution is 2.13. The lowest BCUT2D eigenvalue weighted by Gasteiger charge is -2.27. The molecule has 3 aromatic rings. The smallest absolute Gasteiger partial charge is 0.261 e. The van der Waals surface area contributed by atoms with Crippen LogP contribution in [-0.2, 0) is 22.6 Å². The Morgan fingerprint density at radius 2 is 1.93 bits per heavy atom. The van der Waals surface area contributed by atoms with Crippen molar-refractivity contribution in [1.82, 2.24) is 19.9 Å². The standard InChI is InChI=1S/C20H21N5O3/c26-19(13-25-14-23-17-4-2-1-3-16(17)20(25)27)22-12-15-5-6-18(21-11-15)24-7-9-28-10-8-24/h1-6,11,14H,7-10,12-13H2,(H,22,26). The van der Waals surface area contributed by atoms with Crippen molar-refractivity contribution in [3.63, 3.8) is 0 Å². The van der Waals surface area contributed by atoms with E-state index in [1.165, 1.54) is 10.9 Å². The number of carbonyl (C=O) groups excluding carboxylic acids is 1. The highest BCUT2D eigenvalue weighted by molar-refractivity contribution is 5.78. The Hall–Kier alpha value is -3.26. The van der Waals surface area contributed by atoms with Crippen LogP contribution in [0.3, 0.4) is 0 Å². The normalized spacial score (nSPS) is 14.2. The van der Waals surface area contributed by atoms with Crippen LogP contribution in [0.5, 0.6) is 0 Å². The number of ether oxygens (including phenoxy) is 1. The van der Waals surface area contributed by atoms with Crippen LogP contribution in [0.15, 0.2) is 53.7 Å². The molecule has 1 aromatic carbocycles. The Morgan fingerprint density at radius 1 is 1.11 bits per heavy atom.